The monoisotopic (exact) mass is 332 g/mol. The fourth-order valence-electron chi connectivity index (χ4n) is 3.21. The molecule has 130 valence electrons. The van der Waals surface area contributed by atoms with E-state index >= 15 is 0 Å². The lowest BCUT2D eigenvalue weighted by Crippen LogP contribution is -2.39. The Balaban J connectivity index is 1.57. The summed E-state index contributed by atoms with van der Waals surface area (Å²) in [6, 6.07) is 2.03. The predicted octanol–water partition coefficient (Wildman–Crippen LogP) is 1.67. The van der Waals surface area contributed by atoms with Crippen LogP contribution in [0.4, 0.5) is 0 Å². The molecule has 1 fully saturated rings. The summed E-state index contributed by atoms with van der Waals surface area (Å²) in [5.74, 6) is -0.132. The van der Waals surface area contributed by atoms with Crippen molar-refractivity contribution in [2.75, 3.05) is 20.3 Å². The Morgan fingerprint density at radius 1 is 1.33 bits per heavy atom. The molecule has 24 heavy (non-hydrogen) atoms. The number of nitrogens with zero attached hydrogens (tertiary/aromatic N) is 3. The number of hydrogen-bond acceptors (Lipinski definition) is 5. The van der Waals surface area contributed by atoms with E-state index in [0.29, 0.717) is 18.9 Å². The summed E-state index contributed by atoms with van der Waals surface area (Å²) in [5, 5.41) is 8.23. The summed E-state index contributed by atoms with van der Waals surface area (Å²) in [6.07, 6.45) is 7.42. The summed E-state index contributed by atoms with van der Waals surface area (Å²) in [5.41, 5.74) is 1.21. The molecule has 7 nitrogen and oxygen atoms in total. The maximum absolute atomic E-state index is 12.6. The average molecular weight is 332 g/mol. The smallest absolute Gasteiger partial charge is 0.272 e. The number of pyridine rings is 1. The Hall–Kier alpha value is -1.99. The number of fused-ring (bicyclic) bond motifs is 1. The van der Waals surface area contributed by atoms with Crippen LogP contribution in [-0.2, 0) is 16.5 Å². The molecular formula is C17H24N4O3. The first-order valence-corrected chi connectivity index (χ1v) is 8.37. The highest BCUT2D eigenvalue weighted by atomic mass is 16.5. The zero-order chi connectivity index (χ0) is 16.9. The average Bonchev–Trinajstić information content (AvgIpc) is 2.98. The standard InChI is InChI=1S/C17H24N4O3/c1-21-16-12(11-19-21)7-8-18-15(16)17(22)20-13-3-5-14(6-4-13)24-10-9-23-2/h7-8,11,13-14H,3-6,9-10H2,1-2H3,(H,20,22). The number of hydrogen-bond donors (Lipinski definition) is 1. The highest BCUT2D eigenvalue weighted by molar-refractivity contribution is 6.03. The van der Waals surface area contributed by atoms with Gasteiger partial charge in [-0.15, -0.1) is 0 Å². The molecule has 0 atom stereocenters. The second-order valence-corrected chi connectivity index (χ2v) is 6.18. The van der Waals surface area contributed by atoms with Crippen LogP contribution in [0.1, 0.15) is 36.2 Å². The third kappa shape index (κ3) is 3.73. The van der Waals surface area contributed by atoms with E-state index in [2.05, 4.69) is 15.4 Å². The molecule has 1 N–H and O–H groups in total. The van der Waals surface area contributed by atoms with Crippen molar-refractivity contribution in [1.29, 1.82) is 0 Å². The van der Waals surface area contributed by atoms with E-state index in [1.807, 2.05) is 13.1 Å². The summed E-state index contributed by atoms with van der Waals surface area (Å²) in [6.45, 7) is 1.25. The Kier molecular flexibility index (Phi) is 5.42. The van der Waals surface area contributed by atoms with Crippen molar-refractivity contribution in [3.63, 3.8) is 0 Å². The number of aromatic nitrogens is 3. The molecule has 3 rings (SSSR count). The molecule has 1 aliphatic rings. The van der Waals surface area contributed by atoms with E-state index < -0.39 is 0 Å². The van der Waals surface area contributed by atoms with Crippen LogP contribution < -0.4 is 5.32 Å². The number of methoxy groups -OCH3 is 1. The van der Waals surface area contributed by atoms with Gasteiger partial charge in [-0.05, 0) is 31.7 Å². The summed E-state index contributed by atoms with van der Waals surface area (Å²) < 4.78 is 12.5. The van der Waals surface area contributed by atoms with Crippen LogP contribution in [0.2, 0.25) is 0 Å². The number of amides is 1. The zero-order valence-electron chi connectivity index (χ0n) is 14.2. The second kappa shape index (κ2) is 7.72. The van der Waals surface area contributed by atoms with E-state index in [0.717, 1.165) is 36.6 Å². The Morgan fingerprint density at radius 2 is 2.12 bits per heavy atom. The van der Waals surface area contributed by atoms with Crippen LogP contribution in [0.15, 0.2) is 18.5 Å². The number of rotatable bonds is 6. The molecule has 1 aliphatic carbocycles. The lowest BCUT2D eigenvalue weighted by molar-refractivity contribution is -0.00409. The van der Waals surface area contributed by atoms with Crippen LogP contribution >= 0.6 is 0 Å². The summed E-state index contributed by atoms with van der Waals surface area (Å²) >= 11 is 0. The SMILES string of the molecule is COCCOC1CCC(NC(=O)c2nccc3cnn(C)c23)CC1. The highest BCUT2D eigenvalue weighted by Crippen LogP contribution is 2.22. The van der Waals surface area contributed by atoms with Crippen LogP contribution in [0.3, 0.4) is 0 Å². The maximum atomic E-state index is 12.6. The molecule has 0 radical (unpaired) electrons. The van der Waals surface area contributed by atoms with Gasteiger partial charge < -0.3 is 14.8 Å². The van der Waals surface area contributed by atoms with Crippen molar-refractivity contribution >= 4 is 16.8 Å². The van der Waals surface area contributed by atoms with Gasteiger partial charge in [0.05, 0.1) is 31.0 Å². The first-order chi connectivity index (χ1) is 11.7. The van der Waals surface area contributed by atoms with Gasteiger partial charge in [-0.2, -0.15) is 5.10 Å². The largest absolute Gasteiger partial charge is 0.382 e. The highest BCUT2D eigenvalue weighted by Gasteiger charge is 2.24. The molecule has 1 amide bonds. The van der Waals surface area contributed by atoms with E-state index in [1.165, 1.54) is 0 Å². The van der Waals surface area contributed by atoms with Crippen molar-refractivity contribution in [3.8, 4) is 0 Å². The fourth-order valence-corrected chi connectivity index (χ4v) is 3.21. The molecule has 1 saturated carbocycles. The number of aryl methyl sites for hydroxylation is 1. The topological polar surface area (TPSA) is 78.3 Å². The Labute approximate surface area is 141 Å². The van der Waals surface area contributed by atoms with Gasteiger partial charge in [-0.3, -0.25) is 9.48 Å². The van der Waals surface area contributed by atoms with Gasteiger partial charge in [-0.1, -0.05) is 0 Å². The zero-order valence-corrected chi connectivity index (χ0v) is 14.2. The van der Waals surface area contributed by atoms with Crippen LogP contribution in [0.5, 0.6) is 0 Å². The quantitative estimate of drug-likeness (QED) is 0.814. The third-order valence-electron chi connectivity index (χ3n) is 4.51. The van der Waals surface area contributed by atoms with Crippen LogP contribution in [-0.4, -0.2) is 53.1 Å². The van der Waals surface area contributed by atoms with Gasteiger partial charge in [0.2, 0.25) is 0 Å². The predicted molar refractivity (Wildman–Crippen MR) is 89.8 cm³/mol. The van der Waals surface area contributed by atoms with E-state index in [1.54, 1.807) is 24.2 Å². The molecule has 0 saturated heterocycles. The maximum Gasteiger partial charge on any atom is 0.272 e. The minimum Gasteiger partial charge on any atom is -0.382 e. The summed E-state index contributed by atoms with van der Waals surface area (Å²) in [7, 11) is 3.50. The first kappa shape index (κ1) is 16.9. The van der Waals surface area contributed by atoms with Gasteiger partial charge in [0.15, 0.2) is 5.69 Å². The number of nitrogens with one attached hydrogen (secondary N) is 1. The minimum absolute atomic E-state index is 0.132. The van der Waals surface area contributed by atoms with Gasteiger partial charge in [0.25, 0.3) is 5.91 Å². The van der Waals surface area contributed by atoms with Gasteiger partial charge in [-0.25, -0.2) is 4.98 Å². The number of carbonyl (C=O) groups is 1. The number of ether oxygens (including phenoxy) is 2. The van der Waals surface area contributed by atoms with Crippen LogP contribution in [0, 0.1) is 0 Å². The second-order valence-electron chi connectivity index (χ2n) is 6.18. The lowest BCUT2D eigenvalue weighted by Gasteiger charge is -2.29. The van der Waals surface area contributed by atoms with Crippen molar-refractivity contribution < 1.29 is 14.3 Å². The third-order valence-corrected chi connectivity index (χ3v) is 4.51. The lowest BCUT2D eigenvalue weighted by atomic mass is 9.93. The molecular weight excluding hydrogens is 308 g/mol. The first-order valence-electron chi connectivity index (χ1n) is 8.37. The molecule has 2 aromatic rings. The van der Waals surface area contributed by atoms with Crippen molar-refractivity contribution in [1.82, 2.24) is 20.1 Å². The van der Waals surface area contributed by atoms with Crippen molar-refractivity contribution in [3.05, 3.63) is 24.2 Å². The van der Waals surface area contributed by atoms with Gasteiger partial charge in [0.1, 0.15) is 0 Å². The molecule has 0 unspecified atom stereocenters. The van der Waals surface area contributed by atoms with Gasteiger partial charge >= 0.3 is 0 Å². The van der Waals surface area contributed by atoms with E-state index in [-0.39, 0.29) is 18.1 Å². The molecule has 0 aliphatic heterocycles. The van der Waals surface area contributed by atoms with Crippen LogP contribution in [0.25, 0.3) is 10.9 Å². The Bertz CT molecular complexity index is 692. The molecule has 0 bridgehead atoms. The molecule has 2 aromatic heterocycles. The Morgan fingerprint density at radius 3 is 2.88 bits per heavy atom. The fraction of sp³-hybridized carbons (Fsp3) is 0.588. The van der Waals surface area contributed by atoms with Crippen molar-refractivity contribution in [2.24, 2.45) is 7.05 Å². The van der Waals surface area contributed by atoms with Crippen molar-refractivity contribution in [2.45, 2.75) is 37.8 Å². The number of carbonyl (C=O) groups excluding carboxylic acids is 1. The minimum atomic E-state index is -0.132. The molecule has 0 aromatic carbocycles. The molecule has 7 heteroatoms. The van der Waals surface area contributed by atoms with E-state index in [4.69, 9.17) is 9.47 Å². The molecule has 0 spiro atoms. The van der Waals surface area contributed by atoms with E-state index in [9.17, 15) is 4.79 Å². The summed E-state index contributed by atoms with van der Waals surface area (Å²) in [4.78, 5) is 16.9. The normalized spacial score (nSPS) is 21.1. The van der Waals surface area contributed by atoms with Gasteiger partial charge in [0, 0.05) is 31.8 Å². The molecule has 2 heterocycles.